The molecule has 7 heteroatoms. The fraction of sp³-hybridized carbons (Fsp3) is 0.688. The lowest BCUT2D eigenvalue weighted by Crippen LogP contribution is -2.52. The van der Waals surface area contributed by atoms with Crippen LogP contribution in [0.3, 0.4) is 0 Å². The van der Waals surface area contributed by atoms with Gasteiger partial charge < -0.3 is 20.1 Å². The van der Waals surface area contributed by atoms with Crippen molar-refractivity contribution in [2.75, 3.05) is 19.6 Å². The van der Waals surface area contributed by atoms with E-state index in [9.17, 15) is 9.90 Å². The Hall–Kier alpha value is -1.73. The maximum atomic E-state index is 12.0. The van der Waals surface area contributed by atoms with Crippen LogP contribution < -0.4 is 5.32 Å². The molecule has 2 N–H and O–H groups in total. The maximum Gasteiger partial charge on any atom is 0.410 e. The summed E-state index contributed by atoms with van der Waals surface area (Å²) in [5.41, 5.74) is -1.31. The van der Waals surface area contributed by atoms with E-state index >= 15 is 0 Å². The minimum atomic E-state index is -0.812. The molecule has 1 fully saturated rings. The largest absolute Gasteiger partial charge is 0.444 e. The summed E-state index contributed by atoms with van der Waals surface area (Å²) in [4.78, 5) is 21.9. The van der Waals surface area contributed by atoms with Crippen LogP contribution >= 0.6 is 0 Å². The second kappa shape index (κ2) is 7.23. The predicted molar refractivity (Wildman–Crippen MR) is 85.7 cm³/mol. The fourth-order valence-electron chi connectivity index (χ4n) is 2.44. The van der Waals surface area contributed by atoms with Gasteiger partial charge in [-0.25, -0.2) is 14.8 Å². The van der Waals surface area contributed by atoms with Crippen LogP contribution in [0.4, 0.5) is 4.79 Å². The van der Waals surface area contributed by atoms with Gasteiger partial charge in [0.1, 0.15) is 11.4 Å². The topological polar surface area (TPSA) is 87.6 Å². The molecule has 0 aliphatic carbocycles. The van der Waals surface area contributed by atoms with Gasteiger partial charge in [0.05, 0.1) is 12.1 Å². The fourth-order valence-corrected chi connectivity index (χ4v) is 2.44. The monoisotopic (exact) mass is 322 g/mol. The van der Waals surface area contributed by atoms with E-state index in [2.05, 4.69) is 15.3 Å². The first kappa shape index (κ1) is 17.6. The van der Waals surface area contributed by atoms with Crippen LogP contribution in [-0.2, 0) is 11.3 Å². The number of piperidine rings is 1. The lowest BCUT2D eigenvalue weighted by molar-refractivity contribution is -0.0311. The molecule has 0 saturated carbocycles. The van der Waals surface area contributed by atoms with Crippen molar-refractivity contribution in [3.63, 3.8) is 0 Å². The molecular formula is C16H26N4O3. The minimum absolute atomic E-state index is 0.315. The van der Waals surface area contributed by atoms with Gasteiger partial charge in [-0.3, -0.25) is 0 Å². The molecule has 0 bridgehead atoms. The molecule has 1 saturated heterocycles. The molecule has 2 heterocycles. The molecule has 0 spiro atoms. The molecule has 1 aliphatic heterocycles. The Morgan fingerprint density at radius 2 is 1.96 bits per heavy atom. The number of ether oxygens (including phenoxy) is 1. The zero-order chi connectivity index (χ0) is 16.9. The van der Waals surface area contributed by atoms with Gasteiger partial charge in [-0.2, -0.15) is 0 Å². The van der Waals surface area contributed by atoms with Gasteiger partial charge in [-0.1, -0.05) is 0 Å². The zero-order valence-electron chi connectivity index (χ0n) is 14.1. The number of amides is 1. The number of aromatic nitrogens is 2. The van der Waals surface area contributed by atoms with Gasteiger partial charge in [-0.05, 0) is 39.7 Å². The van der Waals surface area contributed by atoms with Crippen LogP contribution in [0.2, 0.25) is 0 Å². The normalized spacial score (nSPS) is 17.8. The number of aliphatic hydroxyl groups is 1. The lowest BCUT2D eigenvalue weighted by Gasteiger charge is -2.38. The molecule has 1 aromatic heterocycles. The molecule has 0 aromatic carbocycles. The molecule has 23 heavy (non-hydrogen) atoms. The standard InChI is InChI=1S/C16H26N4O3/c1-15(2,3)23-14(21)20-9-5-16(22,6-10-20)12-17-11-13-18-7-4-8-19-13/h4,7-8,17,22H,5-6,9-12H2,1-3H3. The van der Waals surface area contributed by atoms with Gasteiger partial charge in [0.15, 0.2) is 0 Å². The minimum Gasteiger partial charge on any atom is -0.444 e. The van der Waals surface area contributed by atoms with E-state index in [1.165, 1.54) is 0 Å². The van der Waals surface area contributed by atoms with Crippen LogP contribution in [0.15, 0.2) is 18.5 Å². The summed E-state index contributed by atoms with van der Waals surface area (Å²) in [5.74, 6) is 0.697. The Kier molecular flexibility index (Phi) is 5.54. The van der Waals surface area contributed by atoms with Crippen LogP contribution in [0.1, 0.15) is 39.4 Å². The Morgan fingerprint density at radius 1 is 1.35 bits per heavy atom. The van der Waals surface area contributed by atoms with E-state index in [4.69, 9.17) is 4.74 Å². The van der Waals surface area contributed by atoms with Gasteiger partial charge in [0, 0.05) is 32.0 Å². The van der Waals surface area contributed by atoms with Gasteiger partial charge in [0.2, 0.25) is 0 Å². The van der Waals surface area contributed by atoms with Crippen LogP contribution in [-0.4, -0.2) is 56.9 Å². The number of likely N-dealkylation sites (tertiary alicyclic amines) is 1. The van der Waals surface area contributed by atoms with E-state index < -0.39 is 11.2 Å². The number of hydrogen-bond donors (Lipinski definition) is 2. The Bertz CT molecular complexity index is 508. The quantitative estimate of drug-likeness (QED) is 0.869. The van der Waals surface area contributed by atoms with E-state index in [1.807, 2.05) is 20.8 Å². The van der Waals surface area contributed by atoms with E-state index in [-0.39, 0.29) is 6.09 Å². The summed E-state index contributed by atoms with van der Waals surface area (Å²) in [7, 11) is 0. The maximum absolute atomic E-state index is 12.0. The molecule has 2 rings (SSSR count). The summed E-state index contributed by atoms with van der Waals surface area (Å²) in [6.07, 6.45) is 4.12. The van der Waals surface area contributed by atoms with Crippen molar-refractivity contribution >= 4 is 6.09 Å². The molecule has 1 amide bonds. The summed E-state index contributed by atoms with van der Waals surface area (Å²) >= 11 is 0. The third-order valence-corrected chi connectivity index (χ3v) is 3.70. The molecule has 0 atom stereocenters. The van der Waals surface area contributed by atoms with Crippen LogP contribution in [0.5, 0.6) is 0 Å². The Labute approximate surface area is 137 Å². The lowest BCUT2D eigenvalue weighted by atomic mass is 9.91. The Morgan fingerprint density at radius 3 is 2.52 bits per heavy atom. The summed E-state index contributed by atoms with van der Waals surface area (Å²) < 4.78 is 5.36. The summed E-state index contributed by atoms with van der Waals surface area (Å²) in [6.45, 7) is 7.50. The number of nitrogens with one attached hydrogen (secondary N) is 1. The van der Waals surface area contributed by atoms with E-state index in [0.717, 1.165) is 0 Å². The number of carbonyl (C=O) groups is 1. The summed E-state index contributed by atoms with van der Waals surface area (Å²) in [5, 5.41) is 13.8. The molecule has 7 nitrogen and oxygen atoms in total. The van der Waals surface area contributed by atoms with E-state index in [0.29, 0.717) is 44.8 Å². The second-order valence-corrected chi connectivity index (χ2v) is 6.96. The Balaban J connectivity index is 1.75. The first-order chi connectivity index (χ1) is 10.8. The highest BCUT2D eigenvalue weighted by molar-refractivity contribution is 5.68. The van der Waals surface area contributed by atoms with Crippen molar-refractivity contribution in [2.45, 2.75) is 51.4 Å². The third-order valence-electron chi connectivity index (χ3n) is 3.70. The second-order valence-electron chi connectivity index (χ2n) is 6.96. The first-order valence-corrected chi connectivity index (χ1v) is 7.94. The molecule has 0 unspecified atom stereocenters. The number of rotatable bonds is 4. The van der Waals surface area contributed by atoms with Crippen molar-refractivity contribution in [3.05, 3.63) is 24.3 Å². The SMILES string of the molecule is CC(C)(C)OC(=O)N1CCC(O)(CNCc2ncccn2)CC1. The van der Waals surface area contributed by atoms with Crippen LogP contribution in [0, 0.1) is 0 Å². The molecule has 0 radical (unpaired) electrons. The zero-order valence-corrected chi connectivity index (χ0v) is 14.1. The molecule has 1 aromatic rings. The molecule has 1 aliphatic rings. The molecular weight excluding hydrogens is 296 g/mol. The number of hydrogen-bond acceptors (Lipinski definition) is 6. The van der Waals surface area contributed by atoms with Gasteiger partial charge in [-0.15, -0.1) is 0 Å². The van der Waals surface area contributed by atoms with Crippen LogP contribution in [0.25, 0.3) is 0 Å². The van der Waals surface area contributed by atoms with Gasteiger partial charge in [0.25, 0.3) is 0 Å². The van der Waals surface area contributed by atoms with Crippen molar-refractivity contribution < 1.29 is 14.6 Å². The average Bonchev–Trinajstić information content (AvgIpc) is 2.47. The highest BCUT2D eigenvalue weighted by Crippen LogP contribution is 2.23. The van der Waals surface area contributed by atoms with Crippen molar-refractivity contribution in [2.24, 2.45) is 0 Å². The smallest absolute Gasteiger partial charge is 0.410 e. The number of nitrogens with zero attached hydrogens (tertiary/aromatic N) is 3. The van der Waals surface area contributed by atoms with Gasteiger partial charge >= 0.3 is 6.09 Å². The highest BCUT2D eigenvalue weighted by atomic mass is 16.6. The van der Waals surface area contributed by atoms with Crippen molar-refractivity contribution in [1.82, 2.24) is 20.2 Å². The summed E-state index contributed by atoms with van der Waals surface area (Å²) in [6, 6.07) is 1.77. The predicted octanol–water partition coefficient (Wildman–Crippen LogP) is 1.33. The first-order valence-electron chi connectivity index (χ1n) is 7.94. The third kappa shape index (κ3) is 5.76. The molecule has 128 valence electrons. The number of carbonyl (C=O) groups excluding carboxylic acids is 1. The van der Waals surface area contributed by atoms with Crippen molar-refractivity contribution in [3.8, 4) is 0 Å². The highest BCUT2D eigenvalue weighted by Gasteiger charge is 2.35. The van der Waals surface area contributed by atoms with E-state index in [1.54, 1.807) is 23.4 Å². The van der Waals surface area contributed by atoms with Crippen molar-refractivity contribution in [1.29, 1.82) is 0 Å². The average molecular weight is 322 g/mol.